The zero-order valence-corrected chi connectivity index (χ0v) is 19.5. The Balaban J connectivity index is 1.82. The summed E-state index contributed by atoms with van der Waals surface area (Å²) >= 11 is 1.38. The number of benzene rings is 3. The van der Waals surface area contributed by atoms with E-state index in [1.165, 1.54) is 34.9 Å². The Kier molecular flexibility index (Phi) is 6.98. The van der Waals surface area contributed by atoms with E-state index in [2.05, 4.69) is 5.32 Å². The number of halogens is 1. The molecule has 34 heavy (non-hydrogen) atoms. The molecule has 0 aromatic heterocycles. The average molecular weight is 479 g/mol. The van der Waals surface area contributed by atoms with Gasteiger partial charge in [-0.1, -0.05) is 43.0 Å². The second kappa shape index (κ2) is 10.1. The van der Waals surface area contributed by atoms with Gasteiger partial charge in [-0.3, -0.25) is 14.5 Å². The molecular weight excluding hydrogens is 455 g/mol. The highest BCUT2D eigenvalue weighted by Gasteiger charge is 2.36. The van der Waals surface area contributed by atoms with Crippen molar-refractivity contribution in [2.45, 2.75) is 36.1 Å². The van der Waals surface area contributed by atoms with Gasteiger partial charge in [0.25, 0.3) is 5.91 Å². The van der Waals surface area contributed by atoms with Gasteiger partial charge in [0.15, 0.2) is 0 Å². The summed E-state index contributed by atoms with van der Waals surface area (Å²) in [5.74, 6) is -2.00. The van der Waals surface area contributed by atoms with E-state index >= 15 is 0 Å². The first-order valence-electron chi connectivity index (χ1n) is 10.9. The van der Waals surface area contributed by atoms with E-state index in [0.717, 1.165) is 4.90 Å². The third kappa shape index (κ3) is 4.54. The molecule has 1 aliphatic rings. The molecule has 0 bridgehead atoms. The number of para-hydroxylation sites is 1. The molecule has 1 N–H and O–H groups in total. The van der Waals surface area contributed by atoms with E-state index < -0.39 is 23.7 Å². The standard InChI is InChI=1S/C26H23FN2O4S/c1-3-20(24(30)28-19-11-7-6-10-18(19)27)29-21-15-16(26(32)33-4-2)13-14-23(21)34-22-12-8-5-9-17(22)25(29)31/h5-15,20H,3-4H2,1-2H3,(H,28,30). The summed E-state index contributed by atoms with van der Waals surface area (Å²) in [5.41, 5.74) is 1.17. The predicted molar refractivity (Wildman–Crippen MR) is 129 cm³/mol. The van der Waals surface area contributed by atoms with Crippen molar-refractivity contribution in [3.8, 4) is 0 Å². The number of rotatable bonds is 6. The number of ether oxygens (including phenoxy) is 1. The third-order valence-corrected chi connectivity index (χ3v) is 6.56. The van der Waals surface area contributed by atoms with Gasteiger partial charge >= 0.3 is 5.97 Å². The lowest BCUT2D eigenvalue weighted by Crippen LogP contribution is -2.47. The number of fused-ring (bicyclic) bond motifs is 2. The topological polar surface area (TPSA) is 75.7 Å². The second-order valence-corrected chi connectivity index (χ2v) is 8.65. The second-order valence-electron chi connectivity index (χ2n) is 7.57. The summed E-state index contributed by atoms with van der Waals surface area (Å²) in [4.78, 5) is 42.4. The van der Waals surface area contributed by atoms with Crippen LogP contribution in [0.3, 0.4) is 0 Å². The first-order chi connectivity index (χ1) is 16.4. The van der Waals surface area contributed by atoms with Crippen LogP contribution in [0.15, 0.2) is 76.5 Å². The van der Waals surface area contributed by atoms with Crippen LogP contribution in [0, 0.1) is 5.82 Å². The Morgan fingerprint density at radius 2 is 1.76 bits per heavy atom. The summed E-state index contributed by atoms with van der Waals surface area (Å²) in [6.07, 6.45) is 0.266. The first kappa shape index (κ1) is 23.5. The molecule has 3 aromatic rings. The van der Waals surface area contributed by atoms with Gasteiger partial charge in [-0.25, -0.2) is 9.18 Å². The van der Waals surface area contributed by atoms with Crippen LogP contribution in [-0.4, -0.2) is 30.4 Å². The van der Waals surface area contributed by atoms with E-state index in [-0.39, 0.29) is 30.2 Å². The van der Waals surface area contributed by atoms with E-state index in [4.69, 9.17) is 4.74 Å². The molecule has 0 spiro atoms. The van der Waals surface area contributed by atoms with Crippen LogP contribution in [0.5, 0.6) is 0 Å². The molecule has 0 aliphatic carbocycles. The molecule has 0 fully saturated rings. The zero-order valence-electron chi connectivity index (χ0n) is 18.7. The van der Waals surface area contributed by atoms with Gasteiger partial charge in [0, 0.05) is 9.79 Å². The van der Waals surface area contributed by atoms with Crippen molar-refractivity contribution in [1.82, 2.24) is 0 Å². The summed E-state index contributed by atoms with van der Waals surface area (Å²) in [5, 5.41) is 2.61. The maximum absolute atomic E-state index is 14.2. The number of esters is 1. The van der Waals surface area contributed by atoms with Crippen molar-refractivity contribution in [3.05, 3.63) is 83.7 Å². The Labute approximate surface area is 201 Å². The van der Waals surface area contributed by atoms with Crippen LogP contribution in [0.25, 0.3) is 0 Å². The molecule has 0 saturated carbocycles. The molecule has 0 saturated heterocycles. The van der Waals surface area contributed by atoms with E-state index in [9.17, 15) is 18.8 Å². The highest BCUT2D eigenvalue weighted by molar-refractivity contribution is 7.99. The fourth-order valence-electron chi connectivity index (χ4n) is 3.80. The van der Waals surface area contributed by atoms with Crippen LogP contribution in [0.1, 0.15) is 41.0 Å². The SMILES string of the molecule is CCOC(=O)c1ccc2c(c1)N(C(CC)C(=O)Nc1ccccc1F)C(=O)c1ccccc1S2. The fourth-order valence-corrected chi connectivity index (χ4v) is 4.84. The van der Waals surface area contributed by atoms with Gasteiger partial charge in [-0.05, 0) is 55.8 Å². The molecule has 1 heterocycles. The van der Waals surface area contributed by atoms with Gasteiger partial charge in [-0.2, -0.15) is 0 Å². The predicted octanol–water partition coefficient (Wildman–Crippen LogP) is 5.53. The zero-order chi connectivity index (χ0) is 24.2. The van der Waals surface area contributed by atoms with Gasteiger partial charge < -0.3 is 10.1 Å². The number of hydrogen-bond acceptors (Lipinski definition) is 5. The van der Waals surface area contributed by atoms with Gasteiger partial charge in [0.1, 0.15) is 11.9 Å². The molecule has 6 nitrogen and oxygen atoms in total. The number of anilines is 2. The number of carbonyl (C=O) groups excluding carboxylic acids is 3. The summed E-state index contributed by atoms with van der Waals surface area (Å²) in [6.45, 7) is 3.70. The lowest BCUT2D eigenvalue weighted by Gasteiger charge is -2.30. The molecule has 3 aromatic carbocycles. The van der Waals surface area contributed by atoms with Crippen LogP contribution >= 0.6 is 11.8 Å². The maximum Gasteiger partial charge on any atom is 0.338 e. The van der Waals surface area contributed by atoms with Crippen molar-refractivity contribution < 1.29 is 23.5 Å². The van der Waals surface area contributed by atoms with Gasteiger partial charge in [-0.15, -0.1) is 0 Å². The monoisotopic (exact) mass is 478 g/mol. The molecular formula is C26H23FN2O4S. The Morgan fingerprint density at radius 3 is 2.50 bits per heavy atom. The van der Waals surface area contributed by atoms with E-state index in [0.29, 0.717) is 16.1 Å². The summed E-state index contributed by atoms with van der Waals surface area (Å²) in [7, 11) is 0. The van der Waals surface area contributed by atoms with Crippen molar-refractivity contribution in [2.75, 3.05) is 16.8 Å². The van der Waals surface area contributed by atoms with Gasteiger partial charge in [0.2, 0.25) is 5.91 Å². The summed E-state index contributed by atoms with van der Waals surface area (Å²) in [6, 6.07) is 17.0. The normalized spacial score (nSPS) is 13.4. The largest absolute Gasteiger partial charge is 0.462 e. The number of nitrogens with one attached hydrogen (secondary N) is 1. The van der Waals surface area contributed by atoms with Crippen molar-refractivity contribution >= 4 is 40.9 Å². The van der Waals surface area contributed by atoms with Crippen molar-refractivity contribution in [2.24, 2.45) is 0 Å². The number of nitrogens with zero attached hydrogens (tertiary/aromatic N) is 1. The minimum Gasteiger partial charge on any atom is -0.462 e. The first-order valence-corrected chi connectivity index (χ1v) is 11.7. The number of carbonyl (C=O) groups is 3. The number of hydrogen-bond donors (Lipinski definition) is 1. The van der Waals surface area contributed by atoms with Crippen molar-refractivity contribution in [1.29, 1.82) is 0 Å². The van der Waals surface area contributed by atoms with Crippen LogP contribution in [0.4, 0.5) is 15.8 Å². The Bertz CT molecular complexity index is 1260. The molecule has 174 valence electrons. The molecule has 1 atom stereocenters. The minimum absolute atomic E-state index is 0.0310. The molecule has 0 radical (unpaired) electrons. The van der Waals surface area contributed by atoms with Crippen LogP contribution in [0.2, 0.25) is 0 Å². The Morgan fingerprint density at radius 1 is 1.03 bits per heavy atom. The Hall–Kier alpha value is -3.65. The number of amides is 2. The quantitative estimate of drug-likeness (QED) is 0.472. The van der Waals surface area contributed by atoms with Crippen LogP contribution < -0.4 is 10.2 Å². The van der Waals surface area contributed by atoms with E-state index in [1.54, 1.807) is 50.2 Å². The fraction of sp³-hybridized carbons (Fsp3) is 0.192. The smallest absolute Gasteiger partial charge is 0.338 e. The molecule has 1 unspecified atom stereocenters. The highest BCUT2D eigenvalue weighted by atomic mass is 32.2. The maximum atomic E-state index is 14.2. The molecule has 8 heteroatoms. The third-order valence-electron chi connectivity index (χ3n) is 5.42. The minimum atomic E-state index is -0.949. The molecule has 4 rings (SSSR count). The molecule has 2 amide bonds. The van der Waals surface area contributed by atoms with Crippen molar-refractivity contribution in [3.63, 3.8) is 0 Å². The van der Waals surface area contributed by atoms with E-state index in [1.807, 2.05) is 12.1 Å². The average Bonchev–Trinajstić information content (AvgIpc) is 2.95. The van der Waals surface area contributed by atoms with Crippen LogP contribution in [-0.2, 0) is 9.53 Å². The lowest BCUT2D eigenvalue weighted by molar-refractivity contribution is -0.117. The summed E-state index contributed by atoms with van der Waals surface area (Å²) < 4.78 is 19.3. The molecule has 1 aliphatic heterocycles. The lowest BCUT2D eigenvalue weighted by atomic mass is 10.1. The van der Waals surface area contributed by atoms with Gasteiger partial charge in [0.05, 0.1) is 29.1 Å². The highest BCUT2D eigenvalue weighted by Crippen LogP contribution is 2.43.